The van der Waals surface area contributed by atoms with E-state index < -0.39 is 5.91 Å². The van der Waals surface area contributed by atoms with E-state index in [1.807, 2.05) is 18.2 Å². The molecule has 0 aliphatic rings. The molecule has 3 rings (SSSR count). The number of benzene rings is 1. The van der Waals surface area contributed by atoms with Gasteiger partial charge >= 0.3 is 0 Å². The summed E-state index contributed by atoms with van der Waals surface area (Å²) in [6.07, 6.45) is 0.0526. The van der Waals surface area contributed by atoms with Crippen LogP contribution in [0.5, 0.6) is 0 Å². The van der Waals surface area contributed by atoms with E-state index in [1.165, 1.54) is 11.3 Å². The molecular weight excluding hydrogens is 290 g/mol. The average Bonchev–Trinajstić information content (AvgIpc) is 3.04. The number of carbonyl (C=O) groups excluding carboxylic acids is 2. The summed E-state index contributed by atoms with van der Waals surface area (Å²) < 4.78 is 5.46. The first kappa shape index (κ1) is 13.3. The maximum Gasteiger partial charge on any atom is 0.293 e. The molecule has 3 aromatic rings. The Balaban J connectivity index is 1.76. The second-order valence-electron chi connectivity index (χ2n) is 4.39. The van der Waals surface area contributed by atoms with E-state index in [1.54, 1.807) is 17.5 Å². The second kappa shape index (κ2) is 5.37. The van der Waals surface area contributed by atoms with Gasteiger partial charge in [-0.1, -0.05) is 18.2 Å². The van der Waals surface area contributed by atoms with Crippen LogP contribution >= 0.6 is 11.3 Å². The van der Waals surface area contributed by atoms with E-state index in [0.717, 1.165) is 5.39 Å². The number of para-hydroxylation sites is 1. The minimum atomic E-state index is -0.463. The number of hydrogen-bond donors (Lipinski definition) is 2. The fraction of sp³-hybridized carbons (Fsp3) is 0.0714. The van der Waals surface area contributed by atoms with Crippen molar-refractivity contribution < 1.29 is 14.0 Å². The van der Waals surface area contributed by atoms with Crippen LogP contribution in [0.1, 0.15) is 16.2 Å². The normalized spacial score (nSPS) is 10.7. The number of nitrogens with zero attached hydrogens (tertiary/aromatic N) is 1. The molecule has 3 N–H and O–H groups in total. The van der Waals surface area contributed by atoms with E-state index >= 15 is 0 Å². The van der Waals surface area contributed by atoms with Crippen LogP contribution in [0.15, 0.2) is 40.1 Å². The van der Waals surface area contributed by atoms with Gasteiger partial charge in [-0.2, -0.15) is 0 Å². The lowest BCUT2D eigenvalue weighted by Gasteiger charge is -1.97. The third-order valence-corrected chi connectivity index (χ3v) is 3.58. The van der Waals surface area contributed by atoms with Crippen molar-refractivity contribution in [2.24, 2.45) is 5.73 Å². The molecule has 6 nitrogen and oxygen atoms in total. The maximum atomic E-state index is 12.1. The number of fused-ring (bicyclic) bond motifs is 1. The number of nitrogens with two attached hydrogens (primary N) is 1. The molecule has 0 spiro atoms. The predicted molar refractivity (Wildman–Crippen MR) is 79.2 cm³/mol. The highest BCUT2D eigenvalue weighted by atomic mass is 32.1. The Morgan fingerprint density at radius 1 is 1.33 bits per heavy atom. The largest absolute Gasteiger partial charge is 0.451 e. The molecule has 0 unspecified atom stereocenters. The fourth-order valence-corrected chi connectivity index (χ4v) is 2.58. The lowest BCUT2D eigenvalue weighted by Crippen LogP contribution is -2.14. The van der Waals surface area contributed by atoms with E-state index in [2.05, 4.69) is 10.3 Å². The number of aromatic nitrogens is 1. The first-order valence-electron chi connectivity index (χ1n) is 6.14. The summed E-state index contributed by atoms with van der Waals surface area (Å²) in [7, 11) is 0. The van der Waals surface area contributed by atoms with Crippen molar-refractivity contribution in [2.45, 2.75) is 6.42 Å². The van der Waals surface area contributed by atoms with Gasteiger partial charge in [-0.3, -0.25) is 14.9 Å². The Labute approximate surface area is 123 Å². The lowest BCUT2D eigenvalue weighted by molar-refractivity contribution is -0.117. The molecule has 0 atom stereocenters. The Morgan fingerprint density at radius 2 is 2.14 bits per heavy atom. The Kier molecular flexibility index (Phi) is 3.41. The van der Waals surface area contributed by atoms with Crippen molar-refractivity contribution in [3.8, 4) is 0 Å². The van der Waals surface area contributed by atoms with Crippen LogP contribution in [-0.4, -0.2) is 16.8 Å². The number of nitrogens with one attached hydrogen (secondary N) is 1. The molecule has 106 valence electrons. The Bertz CT molecular complexity index is 789. The minimum absolute atomic E-state index is 0.0526. The number of furan rings is 1. The molecule has 0 saturated heterocycles. The van der Waals surface area contributed by atoms with E-state index in [-0.39, 0.29) is 18.1 Å². The van der Waals surface area contributed by atoms with Crippen molar-refractivity contribution in [1.29, 1.82) is 0 Å². The second-order valence-corrected chi connectivity index (χ2v) is 5.25. The molecule has 0 saturated carbocycles. The van der Waals surface area contributed by atoms with Crippen molar-refractivity contribution in [3.05, 3.63) is 47.2 Å². The highest BCUT2D eigenvalue weighted by Gasteiger charge is 2.14. The zero-order valence-corrected chi connectivity index (χ0v) is 11.6. The zero-order valence-electron chi connectivity index (χ0n) is 10.8. The van der Waals surface area contributed by atoms with Crippen LogP contribution < -0.4 is 11.1 Å². The number of primary amides is 1. The quantitative estimate of drug-likeness (QED) is 0.771. The minimum Gasteiger partial charge on any atom is -0.451 e. The van der Waals surface area contributed by atoms with Gasteiger partial charge in [0.15, 0.2) is 10.9 Å². The van der Waals surface area contributed by atoms with Crippen LogP contribution in [0, 0.1) is 0 Å². The highest BCUT2D eigenvalue weighted by molar-refractivity contribution is 7.14. The van der Waals surface area contributed by atoms with Crippen LogP contribution in [0.3, 0.4) is 0 Å². The number of rotatable bonds is 4. The first-order chi connectivity index (χ1) is 10.1. The standard InChI is InChI=1S/C14H11N3O3S/c15-12(18)6-9-7-21-14(16-9)17-13(19)11-5-8-3-1-2-4-10(8)20-11/h1-5,7H,6H2,(H2,15,18)(H,16,17,19). The molecular formula is C14H11N3O3S. The summed E-state index contributed by atoms with van der Waals surface area (Å²) in [6.45, 7) is 0. The van der Waals surface area contributed by atoms with Crippen molar-refractivity contribution >= 4 is 39.3 Å². The monoisotopic (exact) mass is 301 g/mol. The number of amides is 2. The maximum absolute atomic E-state index is 12.1. The van der Waals surface area contributed by atoms with Gasteiger partial charge < -0.3 is 10.2 Å². The molecule has 7 heteroatoms. The molecule has 2 amide bonds. The van der Waals surface area contributed by atoms with Gasteiger partial charge in [0, 0.05) is 10.8 Å². The van der Waals surface area contributed by atoms with Crippen molar-refractivity contribution in [1.82, 2.24) is 4.98 Å². The van der Waals surface area contributed by atoms with Gasteiger partial charge in [-0.25, -0.2) is 4.98 Å². The van der Waals surface area contributed by atoms with Gasteiger partial charge in [0.1, 0.15) is 5.58 Å². The predicted octanol–water partition coefficient (Wildman–Crippen LogP) is 2.17. The van der Waals surface area contributed by atoms with Crippen molar-refractivity contribution in [3.63, 3.8) is 0 Å². The zero-order chi connectivity index (χ0) is 14.8. The molecule has 2 heterocycles. The van der Waals surface area contributed by atoms with Crippen LogP contribution in [0.25, 0.3) is 11.0 Å². The summed E-state index contributed by atoms with van der Waals surface area (Å²) in [6, 6.07) is 9.04. The number of thiazole rings is 1. The molecule has 0 aliphatic heterocycles. The molecule has 0 aliphatic carbocycles. The summed E-state index contributed by atoms with van der Waals surface area (Å²) >= 11 is 1.23. The van der Waals surface area contributed by atoms with Gasteiger partial charge in [0.25, 0.3) is 5.91 Å². The highest BCUT2D eigenvalue weighted by Crippen LogP contribution is 2.21. The summed E-state index contributed by atoms with van der Waals surface area (Å²) in [4.78, 5) is 27.0. The third kappa shape index (κ3) is 2.92. The van der Waals surface area contributed by atoms with Gasteiger partial charge in [-0.05, 0) is 12.1 Å². The first-order valence-corrected chi connectivity index (χ1v) is 7.02. The summed E-state index contributed by atoms with van der Waals surface area (Å²) in [5, 5.41) is 5.57. The van der Waals surface area contributed by atoms with Gasteiger partial charge in [-0.15, -0.1) is 11.3 Å². The summed E-state index contributed by atoms with van der Waals surface area (Å²) in [5.74, 6) is -0.635. The topological polar surface area (TPSA) is 98.2 Å². The molecule has 0 bridgehead atoms. The number of anilines is 1. The summed E-state index contributed by atoms with van der Waals surface area (Å²) in [5.41, 5.74) is 6.28. The molecule has 21 heavy (non-hydrogen) atoms. The van der Waals surface area contributed by atoms with Crippen LogP contribution in [0.4, 0.5) is 5.13 Å². The van der Waals surface area contributed by atoms with Crippen molar-refractivity contribution in [2.75, 3.05) is 5.32 Å². The smallest absolute Gasteiger partial charge is 0.293 e. The molecule has 0 fully saturated rings. The number of hydrogen-bond acceptors (Lipinski definition) is 5. The van der Waals surface area contributed by atoms with E-state index in [4.69, 9.17) is 10.2 Å². The van der Waals surface area contributed by atoms with E-state index in [0.29, 0.717) is 16.4 Å². The molecule has 0 radical (unpaired) electrons. The van der Waals surface area contributed by atoms with Gasteiger partial charge in [0.05, 0.1) is 12.1 Å². The van der Waals surface area contributed by atoms with Gasteiger partial charge in [0.2, 0.25) is 5.91 Å². The Morgan fingerprint density at radius 3 is 2.90 bits per heavy atom. The van der Waals surface area contributed by atoms with E-state index in [9.17, 15) is 9.59 Å². The molecule has 2 aromatic heterocycles. The van der Waals surface area contributed by atoms with Crippen LogP contribution in [0.2, 0.25) is 0 Å². The SMILES string of the molecule is NC(=O)Cc1csc(NC(=O)c2cc3ccccc3o2)n1. The molecule has 1 aromatic carbocycles. The lowest BCUT2D eigenvalue weighted by atomic mass is 10.2. The average molecular weight is 301 g/mol. The van der Waals surface area contributed by atoms with Crippen LogP contribution in [-0.2, 0) is 11.2 Å². The number of carbonyl (C=O) groups is 2. The fourth-order valence-electron chi connectivity index (χ4n) is 1.88. The third-order valence-electron chi connectivity index (χ3n) is 2.78. The Hall–Kier alpha value is -2.67.